The largest absolute Gasteiger partial charge is 0.293 e. The van der Waals surface area contributed by atoms with Crippen LogP contribution in [0.3, 0.4) is 0 Å². The number of carbonyl (C=O) groups excluding carboxylic acids is 1. The summed E-state index contributed by atoms with van der Waals surface area (Å²) in [6.45, 7) is 9.38. The van der Waals surface area contributed by atoms with Gasteiger partial charge in [-0.05, 0) is 54.7 Å². The molecule has 35 heavy (non-hydrogen) atoms. The molecule has 2 aromatic carbocycles. The first-order valence-electron chi connectivity index (χ1n) is 12.4. The van der Waals surface area contributed by atoms with Gasteiger partial charge in [0.05, 0.1) is 10.6 Å². The van der Waals surface area contributed by atoms with E-state index in [1.165, 1.54) is 30.2 Å². The van der Waals surface area contributed by atoms with E-state index in [2.05, 4.69) is 45.9 Å². The van der Waals surface area contributed by atoms with E-state index in [0.717, 1.165) is 40.9 Å². The Morgan fingerprint density at radius 1 is 1.09 bits per heavy atom. The highest BCUT2D eigenvalue weighted by Gasteiger charge is 2.32. The normalized spacial score (nSPS) is 15.1. The first-order valence-corrected chi connectivity index (χ1v) is 13.6. The number of carbonyl (C=O) groups is 1. The van der Waals surface area contributed by atoms with Gasteiger partial charge < -0.3 is 0 Å². The summed E-state index contributed by atoms with van der Waals surface area (Å²) in [5.41, 5.74) is 6.29. The fraction of sp³-hybridized carbons (Fsp3) is 0.345. The number of aromatic nitrogens is 2. The number of amides is 1. The van der Waals surface area contributed by atoms with Crippen molar-refractivity contribution in [3.8, 4) is 16.9 Å². The second kappa shape index (κ2) is 11.4. The van der Waals surface area contributed by atoms with E-state index in [4.69, 9.17) is 17.3 Å². The van der Waals surface area contributed by atoms with Crippen molar-refractivity contribution in [2.75, 3.05) is 6.54 Å². The van der Waals surface area contributed by atoms with Crippen LogP contribution in [0.15, 0.2) is 59.6 Å². The van der Waals surface area contributed by atoms with Crippen LogP contribution in [0.1, 0.15) is 69.1 Å². The molecule has 0 N–H and O–H groups in total. The molecule has 0 atom stereocenters. The Morgan fingerprint density at radius 3 is 2.57 bits per heavy atom. The Bertz CT molecular complexity index is 1240. The van der Waals surface area contributed by atoms with E-state index in [1.54, 1.807) is 4.90 Å². The fourth-order valence-electron chi connectivity index (χ4n) is 4.20. The fourth-order valence-corrected chi connectivity index (χ4v) is 5.50. The molecule has 1 aliphatic heterocycles. The molecule has 2 heterocycles. The SMILES string of the molecule is CCCCCCN1C(=O)/C(=C\c2cn(-c3ccccc3)nc2-c2cc(C(C)C)ccc2C)SC1=S. The molecule has 0 unspecified atom stereocenters. The number of thiocarbonyl (C=S) groups is 1. The third kappa shape index (κ3) is 5.76. The van der Waals surface area contributed by atoms with Gasteiger partial charge in [0.1, 0.15) is 10.0 Å². The Morgan fingerprint density at radius 2 is 1.86 bits per heavy atom. The van der Waals surface area contributed by atoms with Gasteiger partial charge in [0.15, 0.2) is 0 Å². The van der Waals surface area contributed by atoms with Crippen molar-refractivity contribution in [3.05, 3.63) is 76.3 Å². The molecular weight excluding hydrogens is 470 g/mol. The van der Waals surface area contributed by atoms with E-state index >= 15 is 0 Å². The van der Waals surface area contributed by atoms with Gasteiger partial charge in [0.2, 0.25) is 0 Å². The molecule has 0 bridgehead atoms. The number of rotatable bonds is 9. The summed E-state index contributed by atoms with van der Waals surface area (Å²) in [4.78, 5) is 15.7. The van der Waals surface area contributed by atoms with E-state index in [1.807, 2.05) is 47.3 Å². The van der Waals surface area contributed by atoms with Crippen molar-refractivity contribution < 1.29 is 4.79 Å². The van der Waals surface area contributed by atoms with Crippen molar-refractivity contribution in [2.24, 2.45) is 0 Å². The van der Waals surface area contributed by atoms with E-state index < -0.39 is 0 Å². The molecule has 6 heteroatoms. The average molecular weight is 504 g/mol. The molecule has 182 valence electrons. The maximum absolute atomic E-state index is 13.2. The highest BCUT2D eigenvalue weighted by atomic mass is 32.2. The number of hydrogen-bond acceptors (Lipinski definition) is 4. The van der Waals surface area contributed by atoms with Crippen LogP contribution in [-0.2, 0) is 4.79 Å². The lowest BCUT2D eigenvalue weighted by Crippen LogP contribution is -2.29. The van der Waals surface area contributed by atoms with Crippen molar-refractivity contribution >= 4 is 40.3 Å². The predicted molar refractivity (Wildman–Crippen MR) is 152 cm³/mol. The predicted octanol–water partition coefficient (Wildman–Crippen LogP) is 7.75. The molecule has 4 nitrogen and oxygen atoms in total. The highest BCUT2D eigenvalue weighted by Crippen LogP contribution is 2.36. The van der Waals surface area contributed by atoms with Crippen molar-refractivity contribution in [2.45, 2.75) is 59.3 Å². The maximum Gasteiger partial charge on any atom is 0.266 e. The van der Waals surface area contributed by atoms with Gasteiger partial charge in [-0.2, -0.15) is 5.10 Å². The lowest BCUT2D eigenvalue weighted by molar-refractivity contribution is -0.122. The molecule has 1 fully saturated rings. The summed E-state index contributed by atoms with van der Waals surface area (Å²) in [5.74, 6) is 0.417. The topological polar surface area (TPSA) is 38.1 Å². The van der Waals surface area contributed by atoms with Crippen LogP contribution in [0.2, 0.25) is 0 Å². The third-order valence-electron chi connectivity index (χ3n) is 6.34. The van der Waals surface area contributed by atoms with Gasteiger partial charge in [0, 0.05) is 23.9 Å². The lowest BCUT2D eigenvalue weighted by Gasteiger charge is -2.13. The summed E-state index contributed by atoms with van der Waals surface area (Å²) in [5, 5.41) is 4.99. The highest BCUT2D eigenvalue weighted by molar-refractivity contribution is 8.26. The minimum atomic E-state index is 0.00237. The van der Waals surface area contributed by atoms with E-state index in [9.17, 15) is 4.79 Å². The van der Waals surface area contributed by atoms with Crippen LogP contribution in [0.4, 0.5) is 0 Å². The monoisotopic (exact) mass is 503 g/mol. The molecule has 3 aromatic rings. The summed E-state index contributed by atoms with van der Waals surface area (Å²) >= 11 is 6.96. The number of hydrogen-bond donors (Lipinski definition) is 0. The standard InChI is InChI=1S/C29H33N3OS2/c1-5-6-7-11-16-31-28(33)26(35-29(31)34)18-23-19-32(24-12-9-8-10-13-24)30-27(23)25-17-22(20(2)3)15-14-21(25)4/h8-10,12-15,17-20H,5-7,11,16H2,1-4H3/b26-18+. The molecular formula is C29H33N3OS2. The summed E-state index contributed by atoms with van der Waals surface area (Å²) in [6, 6.07) is 16.6. The number of para-hydroxylation sites is 1. The quantitative estimate of drug-likeness (QED) is 0.170. The molecule has 0 spiro atoms. The minimum absolute atomic E-state index is 0.00237. The van der Waals surface area contributed by atoms with Crippen molar-refractivity contribution in [1.29, 1.82) is 0 Å². The average Bonchev–Trinajstić information content (AvgIpc) is 3.38. The van der Waals surface area contributed by atoms with Gasteiger partial charge in [-0.15, -0.1) is 0 Å². The molecule has 4 rings (SSSR count). The number of nitrogens with zero attached hydrogens (tertiary/aromatic N) is 3. The number of unbranched alkanes of at least 4 members (excludes halogenated alkanes) is 3. The van der Waals surface area contributed by atoms with E-state index in [-0.39, 0.29) is 5.91 Å². The summed E-state index contributed by atoms with van der Waals surface area (Å²) < 4.78 is 2.54. The van der Waals surface area contributed by atoms with Crippen LogP contribution in [-0.4, -0.2) is 31.5 Å². The Balaban J connectivity index is 1.74. The van der Waals surface area contributed by atoms with Crippen LogP contribution >= 0.6 is 24.0 Å². The lowest BCUT2D eigenvalue weighted by atomic mass is 9.95. The smallest absolute Gasteiger partial charge is 0.266 e. The van der Waals surface area contributed by atoms with E-state index in [0.29, 0.717) is 21.7 Å². The maximum atomic E-state index is 13.2. The van der Waals surface area contributed by atoms with Gasteiger partial charge >= 0.3 is 0 Å². The molecule has 1 aliphatic rings. The Kier molecular flexibility index (Phi) is 8.24. The Hall–Kier alpha value is -2.70. The number of benzene rings is 2. The van der Waals surface area contributed by atoms with Crippen LogP contribution < -0.4 is 0 Å². The number of thioether (sulfide) groups is 1. The van der Waals surface area contributed by atoms with Gasteiger partial charge in [-0.3, -0.25) is 9.69 Å². The first kappa shape index (κ1) is 25.4. The molecule has 1 saturated heterocycles. The van der Waals surface area contributed by atoms with Crippen LogP contribution in [0, 0.1) is 6.92 Å². The zero-order valence-electron chi connectivity index (χ0n) is 21.0. The number of aryl methyl sites for hydroxylation is 1. The van der Waals surface area contributed by atoms with Crippen LogP contribution in [0.5, 0.6) is 0 Å². The summed E-state index contributed by atoms with van der Waals surface area (Å²) in [6.07, 6.45) is 8.43. The first-order chi connectivity index (χ1) is 16.9. The van der Waals surface area contributed by atoms with Crippen molar-refractivity contribution in [1.82, 2.24) is 14.7 Å². The second-order valence-corrected chi connectivity index (χ2v) is 11.0. The zero-order chi connectivity index (χ0) is 24.9. The summed E-state index contributed by atoms with van der Waals surface area (Å²) in [7, 11) is 0. The van der Waals surface area contributed by atoms with Gasteiger partial charge in [-0.25, -0.2) is 4.68 Å². The second-order valence-electron chi connectivity index (χ2n) is 9.34. The Labute approximate surface area is 218 Å². The van der Waals surface area contributed by atoms with Gasteiger partial charge in [-0.1, -0.05) is 94.3 Å². The molecule has 0 aliphatic carbocycles. The minimum Gasteiger partial charge on any atom is -0.293 e. The molecule has 1 aromatic heterocycles. The van der Waals surface area contributed by atoms with Gasteiger partial charge in [0.25, 0.3) is 5.91 Å². The van der Waals surface area contributed by atoms with Crippen molar-refractivity contribution in [3.63, 3.8) is 0 Å². The third-order valence-corrected chi connectivity index (χ3v) is 7.72. The van der Waals surface area contributed by atoms with Crippen LogP contribution in [0.25, 0.3) is 23.0 Å². The zero-order valence-corrected chi connectivity index (χ0v) is 22.6. The molecule has 0 radical (unpaired) electrons. The molecule has 0 saturated carbocycles. The molecule has 1 amide bonds.